The Morgan fingerprint density at radius 1 is 1.09 bits per heavy atom. The van der Waals surface area contributed by atoms with Gasteiger partial charge >= 0.3 is 0 Å². The number of benzene rings is 2. The fraction of sp³-hybridized carbons (Fsp3) is 0.240. The second-order valence-electron chi connectivity index (χ2n) is 8.34. The maximum absolute atomic E-state index is 13.3. The number of hydrogen-bond donors (Lipinski definition) is 3. The number of rotatable bonds is 5. The maximum Gasteiger partial charge on any atom is 0.257 e. The van der Waals surface area contributed by atoms with Gasteiger partial charge in [-0.05, 0) is 43.2 Å². The Morgan fingerprint density at radius 3 is 2.67 bits per heavy atom. The molecule has 0 bridgehead atoms. The smallest absolute Gasteiger partial charge is 0.257 e. The van der Waals surface area contributed by atoms with E-state index in [-0.39, 0.29) is 29.9 Å². The van der Waals surface area contributed by atoms with Crippen molar-refractivity contribution in [2.24, 2.45) is 0 Å². The van der Waals surface area contributed by atoms with Crippen molar-refractivity contribution in [1.82, 2.24) is 14.9 Å². The first kappa shape index (κ1) is 21.1. The van der Waals surface area contributed by atoms with Crippen molar-refractivity contribution in [2.75, 3.05) is 30.3 Å². The third-order valence-electron chi connectivity index (χ3n) is 6.05. The van der Waals surface area contributed by atoms with Gasteiger partial charge in [-0.2, -0.15) is 0 Å². The Kier molecular flexibility index (Phi) is 5.75. The van der Waals surface area contributed by atoms with Crippen LogP contribution in [0.2, 0.25) is 0 Å². The Balaban J connectivity index is 1.25. The Bertz CT molecular complexity index is 1380. The van der Waals surface area contributed by atoms with Crippen molar-refractivity contribution in [1.29, 1.82) is 0 Å². The molecular formula is C25H24FN5O2. The number of carbonyl (C=O) groups is 1. The standard InChI is InChI=1S/C25H24FN5O2/c26-16-4-3-5-18(14-16)29-22(32)15-31-12-9-17(10-13-31)28-21-8-11-27-24-23(21)19-6-1-2-7-20(19)25(33)30-24/h1-8,11,14,17H,9-10,12-13,15H2,(H,29,32)(H2,27,28,30,33). The van der Waals surface area contributed by atoms with E-state index in [4.69, 9.17) is 0 Å². The largest absolute Gasteiger partial charge is 0.382 e. The molecule has 7 nitrogen and oxygen atoms in total. The van der Waals surface area contributed by atoms with Gasteiger partial charge < -0.3 is 15.6 Å². The number of aromatic amines is 1. The lowest BCUT2D eigenvalue weighted by molar-refractivity contribution is -0.117. The first-order valence-electron chi connectivity index (χ1n) is 11.0. The van der Waals surface area contributed by atoms with Gasteiger partial charge in [0, 0.05) is 52.9 Å². The van der Waals surface area contributed by atoms with Crippen LogP contribution in [0.15, 0.2) is 65.6 Å². The van der Waals surface area contributed by atoms with Crippen molar-refractivity contribution >= 4 is 39.1 Å². The topological polar surface area (TPSA) is 90.1 Å². The zero-order valence-electron chi connectivity index (χ0n) is 18.0. The number of fused-ring (bicyclic) bond motifs is 3. The van der Waals surface area contributed by atoms with Crippen LogP contribution in [0.1, 0.15) is 12.8 Å². The van der Waals surface area contributed by atoms with E-state index in [0.29, 0.717) is 16.7 Å². The molecule has 4 aromatic rings. The quantitative estimate of drug-likeness (QED) is 0.407. The SMILES string of the molecule is O=C(CN1CCC(Nc2ccnc3[nH]c(=O)c4ccccc4c23)CC1)Nc1cccc(F)c1. The van der Waals surface area contributed by atoms with Gasteiger partial charge in [-0.1, -0.05) is 24.3 Å². The molecule has 33 heavy (non-hydrogen) atoms. The summed E-state index contributed by atoms with van der Waals surface area (Å²) < 4.78 is 13.3. The number of pyridine rings is 2. The monoisotopic (exact) mass is 445 g/mol. The molecule has 1 fully saturated rings. The highest BCUT2D eigenvalue weighted by Gasteiger charge is 2.22. The molecular weight excluding hydrogens is 421 g/mol. The minimum absolute atomic E-state index is 0.146. The lowest BCUT2D eigenvalue weighted by Crippen LogP contribution is -2.42. The van der Waals surface area contributed by atoms with Crippen LogP contribution >= 0.6 is 0 Å². The summed E-state index contributed by atoms with van der Waals surface area (Å²) in [5.74, 6) is -0.525. The molecule has 1 aliphatic heterocycles. The molecule has 0 saturated carbocycles. The Morgan fingerprint density at radius 2 is 1.88 bits per heavy atom. The number of halogens is 1. The highest BCUT2D eigenvalue weighted by molar-refractivity contribution is 6.10. The van der Waals surface area contributed by atoms with Crippen LogP contribution in [-0.2, 0) is 4.79 Å². The van der Waals surface area contributed by atoms with Gasteiger partial charge in [0.1, 0.15) is 11.5 Å². The third kappa shape index (κ3) is 4.56. The van der Waals surface area contributed by atoms with Gasteiger partial charge in [-0.3, -0.25) is 14.5 Å². The molecule has 0 aliphatic carbocycles. The minimum atomic E-state index is -0.375. The fourth-order valence-corrected chi connectivity index (χ4v) is 4.45. The molecule has 1 saturated heterocycles. The predicted octanol–water partition coefficient (Wildman–Crippen LogP) is 3.73. The molecule has 1 amide bonds. The number of nitrogens with one attached hydrogen (secondary N) is 3. The summed E-state index contributed by atoms with van der Waals surface area (Å²) in [6.07, 6.45) is 3.44. The van der Waals surface area contributed by atoms with Crippen LogP contribution in [0.5, 0.6) is 0 Å². The van der Waals surface area contributed by atoms with Crippen LogP contribution in [0.4, 0.5) is 15.8 Å². The predicted molar refractivity (Wildman–Crippen MR) is 128 cm³/mol. The molecule has 0 atom stereocenters. The molecule has 1 aliphatic rings. The summed E-state index contributed by atoms with van der Waals surface area (Å²) in [6, 6.07) is 15.6. The average molecular weight is 445 g/mol. The van der Waals surface area contributed by atoms with E-state index in [1.165, 1.54) is 12.1 Å². The minimum Gasteiger partial charge on any atom is -0.382 e. The van der Waals surface area contributed by atoms with Crippen molar-refractivity contribution in [3.63, 3.8) is 0 Å². The molecule has 3 N–H and O–H groups in total. The van der Waals surface area contributed by atoms with E-state index in [2.05, 4.69) is 25.5 Å². The lowest BCUT2D eigenvalue weighted by atomic mass is 10.0. The number of amides is 1. The number of carbonyl (C=O) groups excluding carboxylic acids is 1. The molecule has 2 aromatic carbocycles. The van der Waals surface area contributed by atoms with Gasteiger partial charge in [0.05, 0.1) is 6.54 Å². The van der Waals surface area contributed by atoms with E-state index in [1.54, 1.807) is 18.3 Å². The molecule has 0 spiro atoms. The third-order valence-corrected chi connectivity index (χ3v) is 6.05. The zero-order chi connectivity index (χ0) is 22.8. The molecule has 0 radical (unpaired) electrons. The summed E-state index contributed by atoms with van der Waals surface area (Å²) >= 11 is 0. The fourth-order valence-electron chi connectivity index (χ4n) is 4.45. The Labute approximate surface area is 189 Å². The summed E-state index contributed by atoms with van der Waals surface area (Å²) in [7, 11) is 0. The number of likely N-dealkylation sites (tertiary alicyclic amines) is 1. The van der Waals surface area contributed by atoms with E-state index in [1.807, 2.05) is 30.3 Å². The summed E-state index contributed by atoms with van der Waals surface area (Å²) in [5, 5.41) is 8.79. The van der Waals surface area contributed by atoms with Gasteiger partial charge in [0.15, 0.2) is 0 Å². The van der Waals surface area contributed by atoms with Gasteiger partial charge in [0.2, 0.25) is 5.91 Å². The van der Waals surface area contributed by atoms with Gasteiger partial charge in [0.25, 0.3) is 5.56 Å². The van der Waals surface area contributed by atoms with E-state index in [9.17, 15) is 14.0 Å². The summed E-state index contributed by atoms with van der Waals surface area (Å²) in [5.41, 5.74) is 1.82. The average Bonchev–Trinajstić information content (AvgIpc) is 2.80. The van der Waals surface area contributed by atoms with Crippen LogP contribution in [0.25, 0.3) is 21.8 Å². The Hall–Kier alpha value is -3.78. The van der Waals surface area contributed by atoms with Crippen molar-refractivity contribution in [3.05, 3.63) is 77.0 Å². The molecule has 8 heteroatoms. The van der Waals surface area contributed by atoms with Crippen LogP contribution in [-0.4, -0.2) is 46.5 Å². The van der Waals surface area contributed by atoms with E-state index in [0.717, 1.165) is 42.4 Å². The molecule has 168 valence electrons. The van der Waals surface area contributed by atoms with Crippen LogP contribution in [0, 0.1) is 5.82 Å². The van der Waals surface area contributed by atoms with Gasteiger partial charge in [-0.15, -0.1) is 0 Å². The van der Waals surface area contributed by atoms with Crippen LogP contribution in [0.3, 0.4) is 0 Å². The molecule has 2 aromatic heterocycles. The maximum atomic E-state index is 13.3. The molecule has 5 rings (SSSR count). The second-order valence-corrected chi connectivity index (χ2v) is 8.34. The number of H-pyrrole nitrogens is 1. The summed E-state index contributed by atoms with van der Waals surface area (Å²) in [4.78, 5) is 34.1. The number of nitrogens with zero attached hydrogens (tertiary/aromatic N) is 2. The summed E-state index contributed by atoms with van der Waals surface area (Å²) in [6.45, 7) is 1.82. The van der Waals surface area contributed by atoms with Crippen molar-refractivity contribution in [3.8, 4) is 0 Å². The first-order valence-corrected chi connectivity index (χ1v) is 11.0. The second kappa shape index (κ2) is 8.99. The highest BCUT2D eigenvalue weighted by atomic mass is 19.1. The number of hydrogen-bond acceptors (Lipinski definition) is 5. The van der Waals surface area contributed by atoms with Crippen molar-refractivity contribution < 1.29 is 9.18 Å². The normalized spacial score (nSPS) is 15.1. The lowest BCUT2D eigenvalue weighted by Gasteiger charge is -2.32. The molecule has 3 heterocycles. The van der Waals surface area contributed by atoms with Crippen LogP contribution < -0.4 is 16.2 Å². The van der Waals surface area contributed by atoms with Gasteiger partial charge in [-0.25, -0.2) is 9.37 Å². The van der Waals surface area contributed by atoms with E-state index >= 15 is 0 Å². The van der Waals surface area contributed by atoms with E-state index < -0.39 is 0 Å². The number of aromatic nitrogens is 2. The highest BCUT2D eigenvalue weighted by Crippen LogP contribution is 2.28. The van der Waals surface area contributed by atoms with Crippen molar-refractivity contribution in [2.45, 2.75) is 18.9 Å². The number of anilines is 2. The molecule has 0 unspecified atom stereocenters. The zero-order valence-corrected chi connectivity index (χ0v) is 18.0. The number of piperidine rings is 1. The first-order chi connectivity index (χ1) is 16.1.